The molecule has 33 heavy (non-hydrogen) atoms. The highest BCUT2D eigenvalue weighted by Crippen LogP contribution is 2.27. The Kier molecular flexibility index (Phi) is 19.3. The first-order valence-corrected chi connectivity index (χ1v) is 17.3. The van der Waals surface area contributed by atoms with E-state index < -0.39 is 0 Å². The molecule has 0 aromatic carbocycles. The molecule has 1 saturated heterocycles. The van der Waals surface area contributed by atoms with Gasteiger partial charge in [0, 0.05) is 6.61 Å². The third-order valence-corrected chi connectivity index (χ3v) is 11.3. The number of ether oxygens (including phenoxy) is 1. The van der Waals surface area contributed by atoms with Gasteiger partial charge in [-0.3, -0.25) is 0 Å². The van der Waals surface area contributed by atoms with Crippen molar-refractivity contribution in [3.05, 3.63) is 0 Å². The van der Waals surface area contributed by atoms with Gasteiger partial charge in [0.2, 0.25) is 0 Å². The zero-order chi connectivity index (χ0) is 23.2. The maximum absolute atomic E-state index is 5.85. The van der Waals surface area contributed by atoms with E-state index in [-0.39, 0.29) is 0 Å². The molecular formula is C31H61OS+. The van der Waals surface area contributed by atoms with Crippen LogP contribution in [0.5, 0.6) is 0 Å². The lowest BCUT2D eigenvalue weighted by molar-refractivity contribution is 0.00977. The zero-order valence-electron chi connectivity index (χ0n) is 22.8. The van der Waals surface area contributed by atoms with E-state index in [1.54, 1.807) is 24.3 Å². The first kappa shape index (κ1) is 29.5. The SMILES string of the molecule is CCCCCC[S+](CCCCCCCCCCCCCCC1CCCCO1)C1CCCCC1. The lowest BCUT2D eigenvalue weighted by atomic mass is 10.0. The molecule has 0 aromatic heterocycles. The molecule has 1 aliphatic carbocycles. The van der Waals surface area contributed by atoms with Gasteiger partial charge in [0.15, 0.2) is 0 Å². The molecule has 0 radical (unpaired) electrons. The topological polar surface area (TPSA) is 9.23 Å². The smallest absolute Gasteiger partial charge is 0.118 e. The molecule has 196 valence electrons. The molecule has 2 atom stereocenters. The molecule has 1 heterocycles. The van der Waals surface area contributed by atoms with Gasteiger partial charge >= 0.3 is 0 Å². The largest absolute Gasteiger partial charge is 0.378 e. The van der Waals surface area contributed by atoms with Crippen LogP contribution < -0.4 is 0 Å². The van der Waals surface area contributed by atoms with Gasteiger partial charge in [0.05, 0.1) is 6.10 Å². The van der Waals surface area contributed by atoms with Crippen molar-refractivity contribution in [2.24, 2.45) is 0 Å². The van der Waals surface area contributed by atoms with Gasteiger partial charge in [0.1, 0.15) is 16.8 Å². The van der Waals surface area contributed by atoms with Crippen LogP contribution in [-0.2, 0) is 15.6 Å². The van der Waals surface area contributed by atoms with Crippen LogP contribution in [0.4, 0.5) is 0 Å². The standard InChI is InChI=1S/C31H61OS/c1-2-3-4-21-28-33(31-25-17-15-18-26-31)29-22-14-12-10-8-6-5-7-9-11-13-16-23-30-24-19-20-27-32-30/h30-31H,2-29H2,1H3/q+1. The lowest BCUT2D eigenvalue weighted by Crippen LogP contribution is -2.29. The Morgan fingerprint density at radius 3 is 1.61 bits per heavy atom. The van der Waals surface area contributed by atoms with E-state index in [0.29, 0.717) is 6.10 Å². The highest BCUT2D eigenvalue weighted by atomic mass is 32.2. The van der Waals surface area contributed by atoms with E-state index in [4.69, 9.17) is 4.74 Å². The minimum atomic E-state index is 0.600. The van der Waals surface area contributed by atoms with Crippen LogP contribution in [0.1, 0.15) is 167 Å². The first-order chi connectivity index (χ1) is 16.4. The normalized spacial score (nSPS) is 20.8. The summed E-state index contributed by atoms with van der Waals surface area (Å²) in [4.78, 5) is 0. The van der Waals surface area contributed by atoms with Gasteiger partial charge < -0.3 is 4.74 Å². The Morgan fingerprint density at radius 2 is 1.06 bits per heavy atom. The maximum Gasteiger partial charge on any atom is 0.118 e. The van der Waals surface area contributed by atoms with E-state index in [9.17, 15) is 0 Å². The number of unbranched alkanes of at least 4 members (excludes halogenated alkanes) is 14. The van der Waals surface area contributed by atoms with Gasteiger partial charge in [0.25, 0.3) is 0 Å². The predicted molar refractivity (Wildman–Crippen MR) is 152 cm³/mol. The summed E-state index contributed by atoms with van der Waals surface area (Å²) in [5, 5.41) is 1.11. The maximum atomic E-state index is 5.85. The summed E-state index contributed by atoms with van der Waals surface area (Å²) < 4.78 is 5.85. The van der Waals surface area contributed by atoms with Crippen LogP contribution in [-0.4, -0.2) is 29.5 Å². The Hall–Kier alpha value is 0.310. The second-order valence-electron chi connectivity index (χ2n) is 11.3. The molecule has 0 amide bonds. The lowest BCUT2D eigenvalue weighted by Gasteiger charge is -2.23. The summed E-state index contributed by atoms with van der Waals surface area (Å²) in [5.74, 6) is 3.14. The van der Waals surface area contributed by atoms with E-state index in [1.807, 2.05) is 0 Å². The molecule has 0 bridgehead atoms. The number of hydrogen-bond acceptors (Lipinski definition) is 1. The third kappa shape index (κ3) is 15.8. The van der Waals surface area contributed by atoms with E-state index in [0.717, 1.165) is 22.8 Å². The molecule has 2 heteroatoms. The minimum Gasteiger partial charge on any atom is -0.378 e. The van der Waals surface area contributed by atoms with Crippen molar-refractivity contribution in [3.63, 3.8) is 0 Å². The second kappa shape index (κ2) is 21.6. The summed E-state index contributed by atoms with van der Waals surface area (Å²) >= 11 is 0. The van der Waals surface area contributed by atoms with Crippen molar-refractivity contribution in [2.45, 2.75) is 179 Å². The summed E-state index contributed by atoms with van der Waals surface area (Å²) in [5.41, 5.74) is 0. The van der Waals surface area contributed by atoms with Gasteiger partial charge in [-0.15, -0.1) is 0 Å². The van der Waals surface area contributed by atoms with Gasteiger partial charge in [-0.1, -0.05) is 90.4 Å². The second-order valence-corrected chi connectivity index (χ2v) is 13.8. The number of hydrogen-bond donors (Lipinski definition) is 0. The average Bonchev–Trinajstić information content (AvgIpc) is 2.86. The van der Waals surface area contributed by atoms with Crippen LogP contribution in [0.2, 0.25) is 0 Å². The zero-order valence-corrected chi connectivity index (χ0v) is 23.6. The van der Waals surface area contributed by atoms with Crippen LogP contribution >= 0.6 is 0 Å². The van der Waals surface area contributed by atoms with Crippen LogP contribution in [0.3, 0.4) is 0 Å². The van der Waals surface area contributed by atoms with Gasteiger partial charge in [-0.2, -0.15) is 0 Å². The molecular weight excluding hydrogens is 420 g/mol. The minimum absolute atomic E-state index is 0.600. The summed E-state index contributed by atoms with van der Waals surface area (Å²) in [6.45, 7) is 3.36. The highest BCUT2D eigenvalue weighted by molar-refractivity contribution is 7.97. The van der Waals surface area contributed by atoms with Crippen molar-refractivity contribution < 1.29 is 4.74 Å². The van der Waals surface area contributed by atoms with Crippen molar-refractivity contribution in [3.8, 4) is 0 Å². The van der Waals surface area contributed by atoms with Crippen LogP contribution in [0, 0.1) is 0 Å². The Labute approximate surface area is 212 Å². The fourth-order valence-electron chi connectivity index (χ4n) is 6.01. The summed E-state index contributed by atoms with van der Waals surface area (Å²) in [7, 11) is 0.762. The summed E-state index contributed by atoms with van der Waals surface area (Å²) in [6.07, 6.45) is 37.2. The van der Waals surface area contributed by atoms with Crippen LogP contribution in [0.15, 0.2) is 0 Å². The van der Waals surface area contributed by atoms with Crippen LogP contribution in [0.25, 0.3) is 0 Å². The molecule has 2 unspecified atom stereocenters. The molecule has 2 aliphatic rings. The fourth-order valence-corrected chi connectivity index (χ4v) is 9.03. The van der Waals surface area contributed by atoms with Crippen molar-refractivity contribution in [1.29, 1.82) is 0 Å². The highest BCUT2D eigenvalue weighted by Gasteiger charge is 2.30. The molecule has 0 N–H and O–H groups in total. The molecule has 1 saturated carbocycles. The molecule has 1 nitrogen and oxygen atoms in total. The van der Waals surface area contributed by atoms with Crippen molar-refractivity contribution >= 4 is 10.9 Å². The number of rotatable bonds is 21. The Balaban J connectivity index is 1.35. The molecule has 0 spiro atoms. The molecule has 0 aromatic rings. The quantitative estimate of drug-likeness (QED) is 0.117. The average molecular weight is 482 g/mol. The molecule has 2 fully saturated rings. The van der Waals surface area contributed by atoms with E-state index >= 15 is 0 Å². The molecule has 1 aliphatic heterocycles. The Morgan fingerprint density at radius 1 is 0.545 bits per heavy atom. The predicted octanol–water partition coefficient (Wildman–Crippen LogP) is 10.2. The third-order valence-electron chi connectivity index (χ3n) is 8.24. The fraction of sp³-hybridized carbons (Fsp3) is 1.00. The van der Waals surface area contributed by atoms with E-state index in [2.05, 4.69) is 6.92 Å². The van der Waals surface area contributed by atoms with Crippen molar-refractivity contribution in [2.75, 3.05) is 18.1 Å². The van der Waals surface area contributed by atoms with Gasteiger partial charge in [-0.05, 0) is 87.9 Å². The first-order valence-electron chi connectivity index (χ1n) is 15.7. The van der Waals surface area contributed by atoms with E-state index in [1.165, 1.54) is 148 Å². The Bertz CT molecular complexity index is 400. The van der Waals surface area contributed by atoms with Gasteiger partial charge in [-0.25, -0.2) is 0 Å². The monoisotopic (exact) mass is 481 g/mol. The summed E-state index contributed by atoms with van der Waals surface area (Å²) in [6, 6.07) is 0. The van der Waals surface area contributed by atoms with Crippen molar-refractivity contribution in [1.82, 2.24) is 0 Å². The molecule has 2 rings (SSSR count).